The van der Waals surface area contributed by atoms with E-state index in [1.54, 1.807) is 0 Å². The first kappa shape index (κ1) is 11.8. The lowest BCUT2D eigenvalue weighted by atomic mass is 10.1. The second-order valence-electron chi connectivity index (χ2n) is 4.02. The van der Waals surface area contributed by atoms with E-state index in [0.717, 1.165) is 18.4 Å². The van der Waals surface area contributed by atoms with Crippen molar-refractivity contribution in [2.24, 2.45) is 0 Å². The van der Waals surface area contributed by atoms with Gasteiger partial charge in [-0.25, -0.2) is 0 Å². The molecule has 2 aromatic rings. The van der Waals surface area contributed by atoms with Crippen molar-refractivity contribution in [3.8, 4) is 11.4 Å². The molecule has 0 aliphatic carbocycles. The molecule has 1 atom stereocenters. The number of nitrogens with zero attached hydrogens (tertiary/aromatic N) is 2. The smallest absolute Gasteiger partial charge is 0.229 e. The molecule has 2 rings (SSSR count). The molecule has 0 bridgehead atoms. The highest BCUT2D eigenvalue weighted by molar-refractivity contribution is 5.53. The van der Waals surface area contributed by atoms with Crippen LogP contribution >= 0.6 is 0 Å². The van der Waals surface area contributed by atoms with E-state index in [9.17, 15) is 5.11 Å². The normalized spacial score (nSPS) is 12.6. The van der Waals surface area contributed by atoms with Crippen LogP contribution < -0.4 is 0 Å². The van der Waals surface area contributed by atoms with E-state index in [-0.39, 0.29) is 0 Å². The number of aliphatic hydroxyl groups is 1. The van der Waals surface area contributed by atoms with Gasteiger partial charge < -0.3 is 9.63 Å². The van der Waals surface area contributed by atoms with Crippen LogP contribution in [0.5, 0.6) is 0 Å². The van der Waals surface area contributed by atoms with Gasteiger partial charge in [0.05, 0.1) is 12.5 Å². The first-order chi connectivity index (χ1) is 8.29. The van der Waals surface area contributed by atoms with Gasteiger partial charge in [0.1, 0.15) is 0 Å². The summed E-state index contributed by atoms with van der Waals surface area (Å²) in [5.41, 5.74) is 0.924. The zero-order valence-electron chi connectivity index (χ0n) is 9.84. The number of aromatic nitrogens is 2. The highest BCUT2D eigenvalue weighted by atomic mass is 16.5. The lowest BCUT2D eigenvalue weighted by Crippen LogP contribution is -2.09. The molecule has 0 aliphatic heterocycles. The van der Waals surface area contributed by atoms with Crippen molar-refractivity contribution < 1.29 is 9.63 Å². The minimum absolute atomic E-state index is 0.399. The number of aliphatic hydroxyl groups excluding tert-OH is 1. The zero-order valence-corrected chi connectivity index (χ0v) is 9.84. The van der Waals surface area contributed by atoms with E-state index in [1.807, 2.05) is 37.3 Å². The first-order valence-corrected chi connectivity index (χ1v) is 5.85. The second kappa shape index (κ2) is 5.59. The summed E-state index contributed by atoms with van der Waals surface area (Å²) in [4.78, 5) is 4.26. The Hall–Kier alpha value is -1.68. The minimum Gasteiger partial charge on any atom is -0.393 e. The van der Waals surface area contributed by atoms with Crippen molar-refractivity contribution in [3.05, 3.63) is 36.2 Å². The van der Waals surface area contributed by atoms with Crippen LogP contribution in [0.4, 0.5) is 0 Å². The summed E-state index contributed by atoms with van der Waals surface area (Å²) in [7, 11) is 0. The molecule has 1 unspecified atom stereocenters. The van der Waals surface area contributed by atoms with Gasteiger partial charge in [-0.05, 0) is 6.42 Å². The van der Waals surface area contributed by atoms with E-state index < -0.39 is 6.10 Å². The van der Waals surface area contributed by atoms with Gasteiger partial charge in [0, 0.05) is 5.56 Å². The number of hydrogen-bond donors (Lipinski definition) is 1. The van der Waals surface area contributed by atoms with Crippen LogP contribution in [0.3, 0.4) is 0 Å². The van der Waals surface area contributed by atoms with Crippen molar-refractivity contribution in [1.82, 2.24) is 10.1 Å². The first-order valence-electron chi connectivity index (χ1n) is 5.85. The molecule has 0 radical (unpaired) electrons. The van der Waals surface area contributed by atoms with Crippen molar-refractivity contribution in [3.63, 3.8) is 0 Å². The van der Waals surface area contributed by atoms with Gasteiger partial charge in [-0.3, -0.25) is 0 Å². The average molecular weight is 232 g/mol. The molecule has 4 nitrogen and oxygen atoms in total. The summed E-state index contributed by atoms with van der Waals surface area (Å²) >= 11 is 0. The van der Waals surface area contributed by atoms with E-state index in [4.69, 9.17) is 4.52 Å². The molecule has 1 aromatic carbocycles. The Labute approximate surface area is 100 Å². The van der Waals surface area contributed by atoms with Gasteiger partial charge in [-0.1, -0.05) is 48.8 Å². The van der Waals surface area contributed by atoms with Crippen LogP contribution in [0.1, 0.15) is 25.7 Å². The molecule has 0 amide bonds. The van der Waals surface area contributed by atoms with Crippen molar-refractivity contribution in [1.29, 1.82) is 0 Å². The Morgan fingerprint density at radius 1 is 1.29 bits per heavy atom. The summed E-state index contributed by atoms with van der Waals surface area (Å²) in [6.45, 7) is 2.03. The predicted octanol–water partition coefficient (Wildman–Crippen LogP) is 2.44. The maximum Gasteiger partial charge on any atom is 0.229 e. The Balaban J connectivity index is 2.06. The summed E-state index contributed by atoms with van der Waals surface area (Å²) in [6, 6.07) is 9.65. The molecule has 0 fully saturated rings. The number of benzene rings is 1. The molecule has 17 heavy (non-hydrogen) atoms. The molecular weight excluding hydrogens is 216 g/mol. The van der Waals surface area contributed by atoms with Gasteiger partial charge in [0.15, 0.2) is 0 Å². The fourth-order valence-corrected chi connectivity index (χ4v) is 1.68. The largest absolute Gasteiger partial charge is 0.393 e. The van der Waals surface area contributed by atoms with Crippen LogP contribution in [-0.2, 0) is 6.42 Å². The zero-order chi connectivity index (χ0) is 12.1. The summed E-state index contributed by atoms with van der Waals surface area (Å²) in [5.74, 6) is 1.06. The molecule has 0 saturated carbocycles. The Bertz CT molecular complexity index is 453. The summed E-state index contributed by atoms with van der Waals surface area (Å²) in [5, 5.41) is 13.6. The topological polar surface area (TPSA) is 59.2 Å². The molecule has 90 valence electrons. The van der Waals surface area contributed by atoms with Gasteiger partial charge in [-0.15, -0.1) is 0 Å². The third-order valence-electron chi connectivity index (χ3n) is 2.53. The molecule has 1 heterocycles. The highest BCUT2D eigenvalue weighted by Crippen LogP contribution is 2.15. The van der Waals surface area contributed by atoms with Crippen LogP contribution in [0, 0.1) is 0 Å². The van der Waals surface area contributed by atoms with Gasteiger partial charge in [0.2, 0.25) is 11.7 Å². The van der Waals surface area contributed by atoms with E-state index in [1.165, 1.54) is 0 Å². The molecular formula is C13H16N2O2. The van der Waals surface area contributed by atoms with E-state index in [2.05, 4.69) is 10.1 Å². The average Bonchev–Trinajstić information content (AvgIpc) is 2.79. The molecule has 0 saturated heterocycles. The quantitative estimate of drug-likeness (QED) is 0.860. The van der Waals surface area contributed by atoms with E-state index >= 15 is 0 Å². The summed E-state index contributed by atoms with van der Waals surface area (Å²) in [6.07, 6.45) is 1.72. The number of hydrogen-bond acceptors (Lipinski definition) is 4. The minimum atomic E-state index is -0.399. The third-order valence-corrected chi connectivity index (χ3v) is 2.53. The molecule has 0 aliphatic rings. The van der Waals surface area contributed by atoms with Crippen LogP contribution in [-0.4, -0.2) is 21.4 Å². The number of rotatable bonds is 5. The monoisotopic (exact) mass is 232 g/mol. The Morgan fingerprint density at radius 2 is 2.06 bits per heavy atom. The Kier molecular flexibility index (Phi) is 3.88. The molecule has 0 spiro atoms. The lowest BCUT2D eigenvalue weighted by molar-refractivity contribution is 0.152. The van der Waals surface area contributed by atoms with Crippen LogP contribution in [0.2, 0.25) is 0 Å². The summed E-state index contributed by atoms with van der Waals surface area (Å²) < 4.78 is 5.11. The van der Waals surface area contributed by atoms with Gasteiger partial charge in [-0.2, -0.15) is 4.98 Å². The fraction of sp³-hybridized carbons (Fsp3) is 0.385. The standard InChI is InChI=1S/C13H16N2O2/c1-2-6-11(16)9-12-14-13(15-17-12)10-7-4-3-5-8-10/h3-5,7-8,11,16H,2,6,9H2,1H3. The van der Waals surface area contributed by atoms with Gasteiger partial charge in [0.25, 0.3) is 0 Å². The fourth-order valence-electron chi connectivity index (χ4n) is 1.68. The lowest BCUT2D eigenvalue weighted by Gasteiger charge is -2.03. The SMILES string of the molecule is CCCC(O)Cc1nc(-c2ccccc2)no1. The highest BCUT2D eigenvalue weighted by Gasteiger charge is 2.12. The second-order valence-corrected chi connectivity index (χ2v) is 4.02. The van der Waals surface area contributed by atoms with Crippen LogP contribution in [0.25, 0.3) is 11.4 Å². The van der Waals surface area contributed by atoms with Crippen LogP contribution in [0.15, 0.2) is 34.9 Å². The van der Waals surface area contributed by atoms with E-state index in [0.29, 0.717) is 18.1 Å². The van der Waals surface area contributed by atoms with Gasteiger partial charge >= 0.3 is 0 Å². The predicted molar refractivity (Wildman–Crippen MR) is 64.4 cm³/mol. The molecule has 1 aromatic heterocycles. The third kappa shape index (κ3) is 3.14. The maximum atomic E-state index is 9.65. The van der Waals surface area contributed by atoms with Crippen molar-refractivity contribution in [2.75, 3.05) is 0 Å². The van der Waals surface area contributed by atoms with Crippen molar-refractivity contribution in [2.45, 2.75) is 32.3 Å². The van der Waals surface area contributed by atoms with Crippen molar-refractivity contribution >= 4 is 0 Å². The maximum absolute atomic E-state index is 9.65. The molecule has 4 heteroatoms. The molecule has 1 N–H and O–H groups in total. The Morgan fingerprint density at radius 3 is 2.76 bits per heavy atom.